The number of pyridine rings is 1. The van der Waals surface area contributed by atoms with Crippen LogP contribution in [0.1, 0.15) is 92.4 Å². The smallest absolute Gasteiger partial charge is 0.329 e. The number of hydrogen-bond donors (Lipinski definition) is 5. The van der Waals surface area contributed by atoms with Gasteiger partial charge in [-0.3, -0.25) is 9.59 Å². The van der Waals surface area contributed by atoms with Gasteiger partial charge in [0.25, 0.3) is 0 Å². The Bertz CT molecular complexity index is 2550. The Labute approximate surface area is 396 Å². The van der Waals surface area contributed by atoms with Crippen molar-refractivity contribution in [3.05, 3.63) is 60.0 Å². The summed E-state index contributed by atoms with van der Waals surface area (Å²) in [6.45, 7) is 9.63. The molecule has 0 radical (unpaired) electrons. The summed E-state index contributed by atoms with van der Waals surface area (Å²) in [5.41, 5.74) is -0.295. The normalized spacial score (nSPS) is 23.3. The van der Waals surface area contributed by atoms with Gasteiger partial charge in [-0.25, -0.2) is 28.0 Å². The van der Waals surface area contributed by atoms with E-state index in [4.69, 9.17) is 19.4 Å². The van der Waals surface area contributed by atoms with Gasteiger partial charge in [0.1, 0.15) is 40.9 Å². The number of carboxylic acid groups (broad SMARTS) is 1. The maximum absolute atomic E-state index is 15.0. The number of likely N-dealkylation sites (N-methyl/N-ethyl adjacent to an activating group) is 1. The zero-order valence-electron chi connectivity index (χ0n) is 39.3. The predicted molar refractivity (Wildman–Crippen MR) is 257 cm³/mol. The largest absolute Gasteiger partial charge is 0.497 e. The number of hydrogen-bond acceptors (Lipinski definition) is 12. The van der Waals surface area contributed by atoms with Crippen molar-refractivity contribution in [2.75, 3.05) is 32.6 Å². The third-order valence-corrected chi connectivity index (χ3v) is 15.6. The molecule has 4 heterocycles. The van der Waals surface area contributed by atoms with Crippen molar-refractivity contribution in [1.29, 1.82) is 0 Å². The van der Waals surface area contributed by atoms with Crippen LogP contribution in [-0.2, 0) is 24.4 Å². The molecule has 3 aliphatic rings. The number of urea groups is 1. The van der Waals surface area contributed by atoms with Crippen LogP contribution in [0.3, 0.4) is 0 Å². The summed E-state index contributed by atoms with van der Waals surface area (Å²) in [6.07, 6.45) is 4.44. The molecule has 17 nitrogen and oxygen atoms in total. The highest BCUT2D eigenvalue weighted by Crippen LogP contribution is 2.48. The summed E-state index contributed by atoms with van der Waals surface area (Å²) in [4.78, 5) is 67.6. The molecule has 2 aliphatic heterocycles. The fourth-order valence-electron chi connectivity index (χ4n) is 8.99. The number of carbonyl (C=O) groups excluding carboxylic acids is 3. The van der Waals surface area contributed by atoms with Gasteiger partial charge in [-0.05, 0) is 68.7 Å². The lowest BCUT2D eigenvalue weighted by atomic mass is 9.87. The monoisotopic (exact) mass is 960 g/mol. The summed E-state index contributed by atoms with van der Waals surface area (Å²) < 4.78 is 40.5. The summed E-state index contributed by atoms with van der Waals surface area (Å²) >= 11 is 1.45. The zero-order valence-corrected chi connectivity index (χ0v) is 41.0. The number of amides is 4. The molecule has 4 amide bonds. The first-order valence-electron chi connectivity index (χ1n) is 23.1. The highest BCUT2D eigenvalue weighted by atomic mass is 32.2. The van der Waals surface area contributed by atoms with Crippen LogP contribution in [-0.4, -0.2) is 120 Å². The van der Waals surface area contributed by atoms with Gasteiger partial charge in [0.05, 0.1) is 29.8 Å². The van der Waals surface area contributed by atoms with Crippen molar-refractivity contribution in [1.82, 2.24) is 35.1 Å². The van der Waals surface area contributed by atoms with Crippen LogP contribution in [0.25, 0.3) is 22.3 Å². The Morgan fingerprint density at radius 2 is 1.73 bits per heavy atom. The number of aliphatic carboxylic acids is 1. The molecule has 67 heavy (non-hydrogen) atoms. The van der Waals surface area contributed by atoms with Gasteiger partial charge in [-0.1, -0.05) is 71.1 Å². The third kappa shape index (κ3) is 11.4. The van der Waals surface area contributed by atoms with Crippen molar-refractivity contribution >= 4 is 61.2 Å². The van der Waals surface area contributed by atoms with Crippen LogP contribution >= 0.6 is 11.3 Å². The first-order valence-corrected chi connectivity index (χ1v) is 25.4. The van der Waals surface area contributed by atoms with Gasteiger partial charge in [0.2, 0.25) is 21.8 Å². The lowest BCUT2D eigenvalue weighted by molar-refractivity contribution is -0.145. The van der Waals surface area contributed by atoms with E-state index < -0.39 is 69.0 Å². The van der Waals surface area contributed by atoms with E-state index in [9.17, 15) is 27.9 Å². The maximum Gasteiger partial charge on any atom is 0.329 e. The fraction of sp³-hybridized carbons (Fsp3) is 0.542. The number of thiazole rings is 1. The van der Waals surface area contributed by atoms with E-state index in [1.165, 1.54) is 39.7 Å². The number of anilines is 1. The molecule has 3 fully saturated rings. The number of fused-ring (bicyclic) bond motifs is 3. The summed E-state index contributed by atoms with van der Waals surface area (Å²) in [5.74, 6) is -1.42. The molecule has 1 saturated carbocycles. The number of benzene rings is 2. The molecule has 0 bridgehead atoms. The zero-order chi connectivity index (χ0) is 48.3. The average Bonchev–Trinajstić information content (AvgIpc) is 3.54. The van der Waals surface area contributed by atoms with Crippen LogP contribution in [0.2, 0.25) is 0 Å². The second-order valence-electron chi connectivity index (χ2n) is 19.4. The highest BCUT2D eigenvalue weighted by molar-refractivity contribution is 7.89. The number of methoxy groups -OCH3 is 1. The van der Waals surface area contributed by atoms with E-state index in [2.05, 4.69) is 21.3 Å². The molecule has 7 rings (SSSR count). The minimum Gasteiger partial charge on any atom is -0.497 e. The number of sulfonamides is 1. The molecular formula is C48H64N8O9S2. The van der Waals surface area contributed by atoms with Crippen molar-refractivity contribution in [3.8, 4) is 22.9 Å². The summed E-state index contributed by atoms with van der Waals surface area (Å²) in [7, 11) is -0.853. The van der Waals surface area contributed by atoms with Crippen molar-refractivity contribution < 1.29 is 42.2 Å². The maximum atomic E-state index is 15.0. The first-order chi connectivity index (χ1) is 31.8. The van der Waals surface area contributed by atoms with Crippen molar-refractivity contribution in [2.45, 2.75) is 133 Å². The number of aromatic nitrogens is 2. The molecule has 2 saturated heterocycles. The molecule has 6 atom stereocenters. The average molecular weight is 961 g/mol. The number of nitrogens with one attached hydrogen (secondary N) is 4. The minimum absolute atomic E-state index is 0.0402. The number of nitrogens with zero attached hydrogens (tertiary/aromatic N) is 4. The summed E-state index contributed by atoms with van der Waals surface area (Å²) in [5, 5.41) is 25.8. The molecule has 0 spiro atoms. The van der Waals surface area contributed by atoms with E-state index in [0.717, 1.165) is 30.8 Å². The SMILES string of the molecule is COc1ccc2c(O[C@@H]3C[C@H]4C(=O)N[C@]5(C(=O)O)CC5CCCCCCC[C@H](NC(=O)NC(CN(C)S(=O)(=O)c5ccccc5)C(C)(C)C)C(=O)N4C3)cc(-c3csc(NC(C)C)n3)nc2c1. The molecule has 2 aromatic carbocycles. The molecule has 362 valence electrons. The van der Waals surface area contributed by atoms with Gasteiger partial charge in [-0.2, -0.15) is 4.31 Å². The van der Waals surface area contributed by atoms with E-state index in [-0.39, 0.29) is 42.8 Å². The fourth-order valence-corrected chi connectivity index (χ4v) is 11.0. The number of carboxylic acids is 1. The molecule has 2 aromatic heterocycles. The van der Waals surface area contributed by atoms with Crippen LogP contribution in [0.5, 0.6) is 11.5 Å². The Hall–Kier alpha value is -5.53. The Morgan fingerprint density at radius 3 is 2.42 bits per heavy atom. The van der Waals surface area contributed by atoms with Gasteiger partial charge in [0.15, 0.2) is 5.13 Å². The second-order valence-corrected chi connectivity index (χ2v) is 22.3. The molecular weight excluding hydrogens is 897 g/mol. The number of rotatable bonds is 13. The lowest BCUT2D eigenvalue weighted by Gasteiger charge is -2.35. The van der Waals surface area contributed by atoms with Gasteiger partial charge >= 0.3 is 12.0 Å². The van der Waals surface area contributed by atoms with Gasteiger partial charge < -0.3 is 40.7 Å². The topological polar surface area (TPSA) is 221 Å². The van der Waals surface area contributed by atoms with E-state index >= 15 is 4.79 Å². The van der Waals surface area contributed by atoms with E-state index in [1.54, 1.807) is 43.5 Å². The van der Waals surface area contributed by atoms with Crippen LogP contribution in [0.4, 0.5) is 9.93 Å². The molecule has 5 N–H and O–H groups in total. The highest BCUT2D eigenvalue weighted by Gasteiger charge is 2.62. The van der Waals surface area contributed by atoms with Gasteiger partial charge in [0, 0.05) is 55.0 Å². The minimum atomic E-state index is -3.89. The standard InChI is InChI=1S/C48H64N8O9S2/c1-29(2)49-46-52-38(28-66-46)37-24-40(34-21-20-31(64-7)22-36(34)50-37)65-32-23-39-42(57)54-48(44(59)60)25-30(48)16-12-9-8-10-15-19-35(43(58)56(39)26-32)51-45(61)53-41(47(3,4)5)27-55(6)67(62,63)33-17-13-11-14-18-33/h11,13-14,17-18,20-22,24,28-30,32,35,39,41H,8-10,12,15-16,19,23,25-27H2,1-7H3,(H,49,52)(H,54,57)(H,59,60)(H2,51,53,61)/t30?,32-,35+,39+,41?,48-/m1/s1. The van der Waals surface area contributed by atoms with Crippen molar-refractivity contribution in [3.63, 3.8) is 0 Å². The molecule has 1 aliphatic carbocycles. The Kier molecular flexibility index (Phi) is 15.0. The molecule has 2 unspecified atom stereocenters. The van der Waals surface area contributed by atoms with E-state index in [1.807, 2.05) is 46.1 Å². The van der Waals surface area contributed by atoms with Gasteiger partial charge in [-0.15, -0.1) is 11.3 Å². The number of ether oxygens (including phenoxy) is 2. The summed E-state index contributed by atoms with van der Waals surface area (Å²) in [6, 6.07) is 11.9. The van der Waals surface area contributed by atoms with Crippen LogP contribution in [0, 0.1) is 11.3 Å². The Morgan fingerprint density at radius 1 is 1.01 bits per heavy atom. The molecule has 19 heteroatoms. The lowest BCUT2D eigenvalue weighted by Crippen LogP contribution is -2.59. The van der Waals surface area contributed by atoms with E-state index in [0.29, 0.717) is 53.1 Å². The second kappa shape index (κ2) is 20.4. The quantitative estimate of drug-likeness (QED) is 0.0952. The predicted octanol–water partition coefficient (Wildman–Crippen LogP) is 6.64. The molecule has 4 aromatic rings. The first kappa shape index (κ1) is 49.4. The van der Waals surface area contributed by atoms with Crippen LogP contribution in [0.15, 0.2) is 64.9 Å². The van der Waals surface area contributed by atoms with Crippen LogP contribution < -0.4 is 30.7 Å². The van der Waals surface area contributed by atoms with Crippen molar-refractivity contribution in [2.24, 2.45) is 11.3 Å². The third-order valence-electron chi connectivity index (χ3n) is 13.0. The Balaban J connectivity index is 1.18. The number of carbonyl (C=O) groups is 4.